The van der Waals surface area contributed by atoms with E-state index in [4.69, 9.17) is 14.2 Å². The molecule has 0 radical (unpaired) electrons. The van der Waals surface area contributed by atoms with Crippen LogP contribution < -0.4 is 14.8 Å². The van der Waals surface area contributed by atoms with Crippen molar-refractivity contribution in [3.05, 3.63) is 53.6 Å². The highest BCUT2D eigenvalue weighted by Crippen LogP contribution is 2.34. The van der Waals surface area contributed by atoms with Gasteiger partial charge in [0.15, 0.2) is 17.6 Å². The number of amides is 2. The number of anilines is 1. The lowest BCUT2D eigenvalue weighted by Crippen LogP contribution is -2.30. The number of nitrogens with one attached hydrogen (secondary N) is 1. The zero-order valence-electron chi connectivity index (χ0n) is 16.6. The normalized spacial score (nSPS) is 15.8. The van der Waals surface area contributed by atoms with Gasteiger partial charge in [-0.3, -0.25) is 9.59 Å². The Morgan fingerprint density at radius 2 is 1.90 bits per heavy atom. The molecule has 4 rings (SSSR count). The van der Waals surface area contributed by atoms with Crippen LogP contribution in [0.15, 0.2) is 42.5 Å². The van der Waals surface area contributed by atoms with E-state index in [0.29, 0.717) is 35.7 Å². The molecule has 2 amide bonds. The molecule has 1 fully saturated rings. The second-order valence-electron chi connectivity index (χ2n) is 7.22. The maximum atomic E-state index is 12.4. The number of esters is 1. The van der Waals surface area contributed by atoms with E-state index in [2.05, 4.69) is 5.32 Å². The molecule has 1 saturated heterocycles. The Kier molecular flexibility index (Phi) is 5.56. The van der Waals surface area contributed by atoms with Gasteiger partial charge in [0.2, 0.25) is 12.7 Å². The van der Waals surface area contributed by atoms with Gasteiger partial charge in [0.05, 0.1) is 5.56 Å². The van der Waals surface area contributed by atoms with Crippen molar-refractivity contribution in [3.8, 4) is 11.5 Å². The Hall–Kier alpha value is -3.55. The van der Waals surface area contributed by atoms with Crippen molar-refractivity contribution in [1.82, 2.24) is 4.90 Å². The summed E-state index contributed by atoms with van der Waals surface area (Å²) >= 11 is 0. The average Bonchev–Trinajstić information content (AvgIpc) is 3.37. The van der Waals surface area contributed by atoms with Crippen LogP contribution in [0.3, 0.4) is 0 Å². The summed E-state index contributed by atoms with van der Waals surface area (Å²) in [6, 6.07) is 11.9. The van der Waals surface area contributed by atoms with Crippen molar-refractivity contribution in [2.45, 2.75) is 32.4 Å². The number of carbonyl (C=O) groups excluding carboxylic acids is 3. The van der Waals surface area contributed by atoms with E-state index in [0.717, 1.165) is 18.5 Å². The molecule has 30 heavy (non-hydrogen) atoms. The molecule has 0 bridgehead atoms. The van der Waals surface area contributed by atoms with Gasteiger partial charge in [-0.1, -0.05) is 12.1 Å². The Bertz CT molecular complexity index is 972. The molecule has 8 nitrogen and oxygen atoms in total. The zero-order valence-corrected chi connectivity index (χ0v) is 16.6. The van der Waals surface area contributed by atoms with E-state index in [-0.39, 0.29) is 12.7 Å². The molecule has 0 unspecified atom stereocenters. The minimum Gasteiger partial charge on any atom is -0.454 e. The number of ether oxygens (including phenoxy) is 3. The molecule has 1 N–H and O–H groups in total. The van der Waals surface area contributed by atoms with E-state index in [1.54, 1.807) is 47.4 Å². The van der Waals surface area contributed by atoms with Crippen LogP contribution in [0.25, 0.3) is 0 Å². The predicted octanol–water partition coefficient (Wildman–Crippen LogP) is 2.72. The number of hydrogen-bond acceptors (Lipinski definition) is 6. The largest absolute Gasteiger partial charge is 0.454 e. The Morgan fingerprint density at radius 3 is 2.63 bits per heavy atom. The fraction of sp³-hybridized carbons (Fsp3) is 0.318. The van der Waals surface area contributed by atoms with Crippen LogP contribution >= 0.6 is 0 Å². The first-order chi connectivity index (χ1) is 14.5. The summed E-state index contributed by atoms with van der Waals surface area (Å²) in [6.07, 6.45) is 0.497. The number of fused-ring (bicyclic) bond motifs is 1. The fourth-order valence-electron chi connectivity index (χ4n) is 3.34. The zero-order chi connectivity index (χ0) is 21.1. The Morgan fingerprint density at radius 1 is 1.13 bits per heavy atom. The Labute approximate surface area is 173 Å². The smallest absolute Gasteiger partial charge is 0.338 e. The first kappa shape index (κ1) is 19.8. The van der Waals surface area contributed by atoms with Crippen LogP contribution in [0.5, 0.6) is 11.5 Å². The molecule has 0 aliphatic carbocycles. The molecule has 2 aromatic carbocycles. The standard InChI is InChI=1S/C22H22N2O6/c1-14(21(26)23-17-8-9-18-19(11-17)29-13-28-18)30-22(27)16-6-4-15(5-7-16)12-24-10-2-3-20(24)25/h4-9,11,14H,2-3,10,12-13H2,1H3,(H,23,26)/t14-/m0/s1. The third kappa shape index (κ3) is 4.37. The summed E-state index contributed by atoms with van der Waals surface area (Å²) in [4.78, 5) is 38.3. The van der Waals surface area contributed by atoms with Crippen LogP contribution in [-0.4, -0.2) is 42.1 Å². The third-order valence-corrected chi connectivity index (χ3v) is 5.03. The van der Waals surface area contributed by atoms with E-state index in [9.17, 15) is 14.4 Å². The van der Waals surface area contributed by atoms with Crippen LogP contribution in [0.2, 0.25) is 0 Å². The van der Waals surface area contributed by atoms with E-state index < -0.39 is 18.0 Å². The summed E-state index contributed by atoms with van der Waals surface area (Å²) in [5, 5.41) is 2.69. The van der Waals surface area contributed by atoms with Gasteiger partial charge in [-0.2, -0.15) is 0 Å². The molecule has 2 aromatic rings. The fourth-order valence-corrected chi connectivity index (χ4v) is 3.34. The minimum atomic E-state index is -0.982. The molecule has 0 saturated carbocycles. The molecular weight excluding hydrogens is 388 g/mol. The van der Waals surface area contributed by atoms with Crippen molar-refractivity contribution < 1.29 is 28.6 Å². The van der Waals surface area contributed by atoms with Crippen LogP contribution in [0.4, 0.5) is 5.69 Å². The molecule has 2 aliphatic rings. The van der Waals surface area contributed by atoms with Crippen molar-refractivity contribution in [1.29, 1.82) is 0 Å². The third-order valence-electron chi connectivity index (χ3n) is 5.03. The minimum absolute atomic E-state index is 0.147. The van der Waals surface area contributed by atoms with Gasteiger partial charge in [0.25, 0.3) is 5.91 Å². The van der Waals surface area contributed by atoms with Gasteiger partial charge in [-0.25, -0.2) is 4.79 Å². The number of nitrogens with zero attached hydrogens (tertiary/aromatic N) is 1. The lowest BCUT2D eigenvalue weighted by Gasteiger charge is -2.16. The maximum absolute atomic E-state index is 12.4. The SMILES string of the molecule is C[C@H](OC(=O)c1ccc(CN2CCCC2=O)cc1)C(=O)Nc1ccc2c(c1)OCO2. The van der Waals surface area contributed by atoms with Gasteiger partial charge in [-0.15, -0.1) is 0 Å². The van der Waals surface area contributed by atoms with Gasteiger partial charge < -0.3 is 24.4 Å². The first-order valence-corrected chi connectivity index (χ1v) is 9.78. The summed E-state index contributed by atoms with van der Waals surface area (Å²) < 4.78 is 15.8. The van der Waals surface area contributed by atoms with Crippen molar-refractivity contribution in [2.75, 3.05) is 18.7 Å². The number of rotatable bonds is 6. The van der Waals surface area contributed by atoms with Gasteiger partial charge in [0, 0.05) is 31.3 Å². The summed E-state index contributed by atoms with van der Waals surface area (Å²) in [5.41, 5.74) is 1.80. The van der Waals surface area contributed by atoms with E-state index in [1.807, 2.05) is 0 Å². The summed E-state index contributed by atoms with van der Waals surface area (Å²) in [6.45, 7) is 2.95. The molecule has 0 spiro atoms. The predicted molar refractivity (Wildman–Crippen MR) is 107 cm³/mol. The lowest BCUT2D eigenvalue weighted by molar-refractivity contribution is -0.128. The monoisotopic (exact) mass is 410 g/mol. The molecule has 0 aromatic heterocycles. The summed E-state index contributed by atoms with van der Waals surface area (Å²) in [7, 11) is 0. The van der Waals surface area contributed by atoms with Crippen molar-refractivity contribution in [3.63, 3.8) is 0 Å². The van der Waals surface area contributed by atoms with Crippen LogP contribution in [0, 0.1) is 0 Å². The molecule has 2 heterocycles. The van der Waals surface area contributed by atoms with Gasteiger partial charge in [-0.05, 0) is 43.2 Å². The van der Waals surface area contributed by atoms with E-state index in [1.165, 1.54) is 6.92 Å². The molecule has 8 heteroatoms. The quantitative estimate of drug-likeness (QED) is 0.736. The van der Waals surface area contributed by atoms with Crippen molar-refractivity contribution >= 4 is 23.5 Å². The molecule has 2 aliphatic heterocycles. The first-order valence-electron chi connectivity index (χ1n) is 9.78. The van der Waals surface area contributed by atoms with E-state index >= 15 is 0 Å². The van der Waals surface area contributed by atoms with Gasteiger partial charge >= 0.3 is 5.97 Å². The average molecular weight is 410 g/mol. The van der Waals surface area contributed by atoms with Crippen LogP contribution in [-0.2, 0) is 20.9 Å². The highest BCUT2D eigenvalue weighted by molar-refractivity contribution is 5.97. The lowest BCUT2D eigenvalue weighted by atomic mass is 10.1. The second kappa shape index (κ2) is 8.44. The molecular formula is C22H22N2O6. The van der Waals surface area contributed by atoms with Gasteiger partial charge in [0.1, 0.15) is 0 Å². The number of carbonyl (C=O) groups is 3. The second-order valence-corrected chi connectivity index (χ2v) is 7.22. The number of likely N-dealkylation sites (tertiary alicyclic amines) is 1. The molecule has 1 atom stereocenters. The number of hydrogen-bond donors (Lipinski definition) is 1. The topological polar surface area (TPSA) is 94.2 Å². The molecule has 156 valence electrons. The number of benzene rings is 2. The summed E-state index contributed by atoms with van der Waals surface area (Å²) in [5.74, 6) is 0.275. The van der Waals surface area contributed by atoms with Crippen LogP contribution in [0.1, 0.15) is 35.7 Å². The Balaban J connectivity index is 1.31. The highest BCUT2D eigenvalue weighted by Gasteiger charge is 2.22. The maximum Gasteiger partial charge on any atom is 0.338 e. The van der Waals surface area contributed by atoms with Crippen molar-refractivity contribution in [2.24, 2.45) is 0 Å². The highest BCUT2D eigenvalue weighted by atomic mass is 16.7.